The van der Waals surface area contributed by atoms with Crippen LogP contribution in [0.4, 0.5) is 0 Å². The van der Waals surface area contributed by atoms with Crippen molar-refractivity contribution < 1.29 is 4.42 Å². The second-order valence-corrected chi connectivity index (χ2v) is 7.10. The third-order valence-corrected chi connectivity index (χ3v) is 5.25. The number of fused-ring (bicyclic) bond motifs is 3. The number of para-hydroxylation sites is 1. The number of furan rings is 1. The van der Waals surface area contributed by atoms with Gasteiger partial charge in [0.1, 0.15) is 11.2 Å². The highest BCUT2D eigenvalue weighted by molar-refractivity contribution is 9.10. The van der Waals surface area contributed by atoms with Crippen LogP contribution in [0, 0.1) is 0 Å². The zero-order valence-corrected chi connectivity index (χ0v) is 15.4. The molecular weight excluding hydrogens is 386 g/mol. The van der Waals surface area contributed by atoms with Crippen LogP contribution in [0.25, 0.3) is 44.2 Å². The molecular formula is C23H14BrNO. The van der Waals surface area contributed by atoms with Gasteiger partial charge in [-0.15, -0.1) is 0 Å². The van der Waals surface area contributed by atoms with E-state index >= 15 is 0 Å². The number of hydrogen-bond acceptors (Lipinski definition) is 2. The number of benzene rings is 3. The summed E-state index contributed by atoms with van der Waals surface area (Å²) in [4.78, 5) is 4.08. The van der Waals surface area contributed by atoms with Gasteiger partial charge in [-0.3, -0.25) is 4.98 Å². The fourth-order valence-corrected chi connectivity index (χ4v) is 3.89. The molecule has 124 valence electrons. The summed E-state index contributed by atoms with van der Waals surface area (Å²) in [5.74, 6) is 0. The molecule has 0 aliphatic carbocycles. The van der Waals surface area contributed by atoms with Gasteiger partial charge in [-0.25, -0.2) is 0 Å². The van der Waals surface area contributed by atoms with Crippen molar-refractivity contribution in [3.05, 3.63) is 89.7 Å². The molecule has 0 aliphatic rings. The van der Waals surface area contributed by atoms with Gasteiger partial charge in [0.25, 0.3) is 0 Å². The van der Waals surface area contributed by atoms with E-state index in [4.69, 9.17) is 4.42 Å². The average molecular weight is 400 g/mol. The third kappa shape index (κ3) is 2.52. The molecule has 0 saturated carbocycles. The first-order chi connectivity index (χ1) is 12.8. The van der Waals surface area contributed by atoms with Gasteiger partial charge in [-0.05, 0) is 68.5 Å². The number of halogens is 1. The van der Waals surface area contributed by atoms with Crippen molar-refractivity contribution in [2.45, 2.75) is 0 Å². The van der Waals surface area contributed by atoms with Crippen molar-refractivity contribution in [2.75, 3.05) is 0 Å². The molecule has 0 bridgehead atoms. The first-order valence-corrected chi connectivity index (χ1v) is 9.20. The normalized spacial score (nSPS) is 11.3. The smallest absolute Gasteiger partial charge is 0.149 e. The number of pyridine rings is 1. The molecule has 0 atom stereocenters. The Balaban J connectivity index is 1.63. The molecule has 5 rings (SSSR count). The van der Waals surface area contributed by atoms with Crippen LogP contribution in [0.2, 0.25) is 0 Å². The van der Waals surface area contributed by atoms with Crippen molar-refractivity contribution in [3.8, 4) is 22.3 Å². The van der Waals surface area contributed by atoms with E-state index in [1.54, 1.807) is 0 Å². The van der Waals surface area contributed by atoms with Gasteiger partial charge in [0, 0.05) is 23.2 Å². The Labute approximate surface area is 159 Å². The van der Waals surface area contributed by atoms with Crippen molar-refractivity contribution in [1.29, 1.82) is 0 Å². The van der Waals surface area contributed by atoms with Crippen molar-refractivity contribution in [2.24, 2.45) is 0 Å². The fraction of sp³-hybridized carbons (Fsp3) is 0. The number of hydrogen-bond donors (Lipinski definition) is 0. The van der Waals surface area contributed by atoms with Gasteiger partial charge in [0.05, 0.1) is 4.47 Å². The lowest BCUT2D eigenvalue weighted by atomic mass is 9.99. The molecule has 3 aromatic carbocycles. The van der Waals surface area contributed by atoms with E-state index in [2.05, 4.69) is 63.4 Å². The summed E-state index contributed by atoms with van der Waals surface area (Å²) in [6.07, 6.45) is 3.64. The number of aromatic nitrogens is 1. The molecule has 0 spiro atoms. The highest BCUT2D eigenvalue weighted by atomic mass is 79.9. The topological polar surface area (TPSA) is 26.0 Å². The first-order valence-electron chi connectivity index (χ1n) is 8.41. The molecule has 2 nitrogen and oxygen atoms in total. The standard InChI is InChI=1S/C23H14BrNO/c24-21-14-18(13-20-19-3-1-2-4-22(19)26-23(20)21)16-7-5-15(6-8-16)17-9-11-25-12-10-17/h1-14H. The zero-order valence-electron chi connectivity index (χ0n) is 13.8. The van der Waals surface area contributed by atoms with Crippen LogP contribution in [-0.4, -0.2) is 4.98 Å². The van der Waals surface area contributed by atoms with Crippen LogP contribution in [-0.2, 0) is 0 Å². The van der Waals surface area contributed by atoms with E-state index in [0.29, 0.717) is 0 Å². The van der Waals surface area contributed by atoms with Crippen LogP contribution in [0.1, 0.15) is 0 Å². The molecule has 0 aliphatic heterocycles. The molecule has 3 heteroatoms. The first kappa shape index (κ1) is 15.4. The number of nitrogens with zero attached hydrogens (tertiary/aromatic N) is 1. The van der Waals surface area contributed by atoms with Crippen LogP contribution in [0.5, 0.6) is 0 Å². The Kier molecular flexibility index (Phi) is 3.61. The summed E-state index contributed by atoms with van der Waals surface area (Å²) < 4.78 is 6.97. The Morgan fingerprint density at radius 1 is 0.654 bits per heavy atom. The van der Waals surface area contributed by atoms with E-state index in [9.17, 15) is 0 Å². The molecule has 2 heterocycles. The van der Waals surface area contributed by atoms with Crippen LogP contribution in [0.3, 0.4) is 0 Å². The van der Waals surface area contributed by atoms with E-state index < -0.39 is 0 Å². The summed E-state index contributed by atoms with van der Waals surface area (Å²) in [5, 5.41) is 2.27. The summed E-state index contributed by atoms with van der Waals surface area (Å²) in [5.41, 5.74) is 6.50. The second-order valence-electron chi connectivity index (χ2n) is 6.25. The highest BCUT2D eigenvalue weighted by Gasteiger charge is 2.12. The summed E-state index contributed by atoms with van der Waals surface area (Å²) in [6.45, 7) is 0. The Hall–Kier alpha value is -2.91. The minimum Gasteiger partial charge on any atom is -0.455 e. The summed E-state index contributed by atoms with van der Waals surface area (Å²) in [7, 11) is 0. The maximum atomic E-state index is 6.00. The highest BCUT2D eigenvalue weighted by Crippen LogP contribution is 2.37. The molecule has 26 heavy (non-hydrogen) atoms. The maximum absolute atomic E-state index is 6.00. The molecule has 0 radical (unpaired) electrons. The van der Waals surface area contributed by atoms with E-state index in [1.807, 2.05) is 42.7 Å². The SMILES string of the molecule is Brc1cc(-c2ccc(-c3ccncc3)cc2)cc2c1oc1ccccc12. The minimum absolute atomic E-state index is 0.892. The third-order valence-electron chi connectivity index (χ3n) is 4.66. The molecule has 0 amide bonds. The quantitative estimate of drug-likeness (QED) is 0.317. The van der Waals surface area contributed by atoms with Gasteiger partial charge < -0.3 is 4.42 Å². The Bertz CT molecular complexity index is 1220. The van der Waals surface area contributed by atoms with Gasteiger partial charge in [-0.1, -0.05) is 42.5 Å². The lowest BCUT2D eigenvalue weighted by Crippen LogP contribution is -1.82. The Morgan fingerprint density at radius 3 is 2.08 bits per heavy atom. The van der Waals surface area contributed by atoms with E-state index in [0.717, 1.165) is 32.0 Å². The van der Waals surface area contributed by atoms with Gasteiger partial charge in [0.15, 0.2) is 0 Å². The van der Waals surface area contributed by atoms with Gasteiger partial charge in [-0.2, -0.15) is 0 Å². The van der Waals surface area contributed by atoms with Crippen LogP contribution < -0.4 is 0 Å². The second kappa shape index (κ2) is 6.11. The largest absolute Gasteiger partial charge is 0.455 e. The molecule has 0 fully saturated rings. The predicted molar refractivity (Wildman–Crippen MR) is 110 cm³/mol. The molecule has 0 saturated heterocycles. The monoisotopic (exact) mass is 399 g/mol. The number of rotatable bonds is 2. The van der Waals surface area contributed by atoms with Crippen LogP contribution in [0.15, 0.2) is 94.1 Å². The van der Waals surface area contributed by atoms with Gasteiger partial charge in [0.2, 0.25) is 0 Å². The van der Waals surface area contributed by atoms with Crippen molar-refractivity contribution in [1.82, 2.24) is 4.98 Å². The zero-order chi connectivity index (χ0) is 17.5. The lowest BCUT2D eigenvalue weighted by Gasteiger charge is -2.06. The summed E-state index contributed by atoms with van der Waals surface area (Å²) >= 11 is 3.67. The van der Waals surface area contributed by atoms with Gasteiger partial charge >= 0.3 is 0 Å². The van der Waals surface area contributed by atoms with E-state index in [1.165, 1.54) is 16.7 Å². The average Bonchev–Trinajstić information content (AvgIpc) is 3.08. The van der Waals surface area contributed by atoms with Crippen molar-refractivity contribution >= 4 is 37.9 Å². The molecule has 0 unspecified atom stereocenters. The predicted octanol–water partition coefficient (Wildman–Crippen LogP) is 7.08. The Morgan fingerprint density at radius 2 is 1.31 bits per heavy atom. The van der Waals surface area contributed by atoms with E-state index in [-0.39, 0.29) is 0 Å². The summed E-state index contributed by atoms with van der Waals surface area (Å²) in [6, 6.07) is 25.1. The van der Waals surface area contributed by atoms with Crippen molar-refractivity contribution in [3.63, 3.8) is 0 Å². The fourth-order valence-electron chi connectivity index (χ4n) is 3.35. The lowest BCUT2D eigenvalue weighted by molar-refractivity contribution is 0.667. The molecule has 0 N–H and O–H groups in total. The van der Waals surface area contributed by atoms with Crippen LogP contribution >= 0.6 is 15.9 Å². The molecule has 5 aromatic rings. The maximum Gasteiger partial charge on any atom is 0.149 e. The molecule has 2 aromatic heterocycles. The minimum atomic E-state index is 0.892.